The molecule has 15 heavy (non-hydrogen) atoms. The van der Waals surface area contributed by atoms with Crippen molar-refractivity contribution in [2.24, 2.45) is 5.92 Å². The van der Waals surface area contributed by atoms with Gasteiger partial charge in [-0.2, -0.15) is 0 Å². The molecule has 0 saturated carbocycles. The van der Waals surface area contributed by atoms with Crippen LogP contribution in [0.1, 0.15) is 26.7 Å². The second kappa shape index (κ2) is 3.73. The SMILES string of the molecule is BC1(B)CC(B)(C(C)CC)C(=O)NC1=O. The summed E-state index contributed by atoms with van der Waals surface area (Å²) in [5.41, 5.74) is 0. The monoisotopic (exact) mass is 205 g/mol. The molecule has 1 aliphatic rings. The van der Waals surface area contributed by atoms with Gasteiger partial charge in [0.25, 0.3) is 0 Å². The lowest BCUT2D eigenvalue weighted by Gasteiger charge is -2.44. The van der Waals surface area contributed by atoms with Crippen LogP contribution in [0.15, 0.2) is 0 Å². The summed E-state index contributed by atoms with van der Waals surface area (Å²) in [6, 6.07) is 0. The van der Waals surface area contributed by atoms with E-state index in [2.05, 4.69) is 19.2 Å². The fourth-order valence-corrected chi connectivity index (χ4v) is 2.34. The lowest BCUT2D eigenvalue weighted by Crippen LogP contribution is -2.54. The van der Waals surface area contributed by atoms with Gasteiger partial charge in [0.15, 0.2) is 0 Å². The molecule has 0 aromatic carbocycles. The second-order valence-electron chi connectivity index (χ2n) is 5.57. The van der Waals surface area contributed by atoms with Crippen LogP contribution >= 0.6 is 0 Å². The van der Waals surface area contributed by atoms with E-state index in [-0.39, 0.29) is 11.8 Å². The van der Waals surface area contributed by atoms with Crippen LogP contribution < -0.4 is 5.32 Å². The number of carbonyl (C=O) groups is 2. The Labute approximate surface area is 94.0 Å². The van der Waals surface area contributed by atoms with E-state index in [9.17, 15) is 9.59 Å². The van der Waals surface area contributed by atoms with E-state index < -0.39 is 10.5 Å². The van der Waals surface area contributed by atoms with Crippen LogP contribution in [0.5, 0.6) is 0 Å². The molecule has 2 amide bonds. The average Bonchev–Trinajstić information content (AvgIpc) is 2.13. The van der Waals surface area contributed by atoms with Gasteiger partial charge in [0.2, 0.25) is 11.8 Å². The Balaban J connectivity index is 3.01. The van der Waals surface area contributed by atoms with E-state index in [0.717, 1.165) is 6.42 Å². The summed E-state index contributed by atoms with van der Waals surface area (Å²) in [6.07, 6.45) is 1.59. The molecule has 2 atom stereocenters. The van der Waals surface area contributed by atoms with Crippen LogP contribution in [0.4, 0.5) is 0 Å². The Kier molecular flexibility index (Phi) is 3.08. The predicted molar refractivity (Wildman–Crippen MR) is 68.2 cm³/mol. The van der Waals surface area contributed by atoms with Gasteiger partial charge in [-0.15, -0.1) is 0 Å². The number of carbonyl (C=O) groups excluding carboxylic acids is 2. The van der Waals surface area contributed by atoms with Gasteiger partial charge in [0, 0.05) is 5.31 Å². The highest BCUT2D eigenvalue weighted by molar-refractivity contribution is 6.53. The third-order valence-corrected chi connectivity index (χ3v) is 3.87. The number of hydrogen-bond acceptors (Lipinski definition) is 2. The summed E-state index contributed by atoms with van der Waals surface area (Å²) < 4.78 is 0. The molecule has 2 unspecified atom stereocenters. The minimum absolute atomic E-state index is 0.110. The van der Waals surface area contributed by atoms with E-state index >= 15 is 0 Å². The van der Waals surface area contributed by atoms with Crippen LogP contribution in [0.25, 0.3) is 0 Å². The molecule has 1 aliphatic heterocycles. The normalized spacial score (nSPS) is 32.1. The summed E-state index contributed by atoms with van der Waals surface area (Å²) in [5, 5.41) is 1.65. The van der Waals surface area contributed by atoms with E-state index in [1.807, 2.05) is 23.5 Å². The number of nitrogens with one attached hydrogen (secondary N) is 1. The molecule has 6 heteroatoms. The van der Waals surface area contributed by atoms with Crippen molar-refractivity contribution >= 4 is 35.4 Å². The maximum atomic E-state index is 11.9. The lowest BCUT2D eigenvalue weighted by molar-refractivity contribution is -0.137. The van der Waals surface area contributed by atoms with Crippen molar-refractivity contribution in [2.45, 2.75) is 37.2 Å². The van der Waals surface area contributed by atoms with Crippen LogP contribution in [-0.4, -0.2) is 35.4 Å². The largest absolute Gasteiger partial charge is 0.297 e. The molecule has 1 fully saturated rings. The Morgan fingerprint density at radius 3 is 2.33 bits per heavy atom. The first-order valence-corrected chi connectivity index (χ1v) is 5.60. The van der Waals surface area contributed by atoms with Crippen molar-refractivity contribution < 1.29 is 9.59 Å². The van der Waals surface area contributed by atoms with Gasteiger partial charge in [0.1, 0.15) is 23.5 Å². The lowest BCUT2D eigenvalue weighted by atomic mass is 9.41. The van der Waals surface area contributed by atoms with Crippen LogP contribution in [0.3, 0.4) is 0 Å². The molecule has 0 spiro atoms. The van der Waals surface area contributed by atoms with Gasteiger partial charge in [-0.25, -0.2) is 0 Å². The summed E-state index contributed by atoms with van der Waals surface area (Å²) in [4.78, 5) is 23.5. The molecule has 1 heterocycles. The number of hydrogen-bond donors (Lipinski definition) is 1. The van der Waals surface area contributed by atoms with Gasteiger partial charge < -0.3 is 0 Å². The van der Waals surface area contributed by atoms with Crippen LogP contribution in [0.2, 0.25) is 10.5 Å². The highest BCUT2D eigenvalue weighted by atomic mass is 16.2. The quantitative estimate of drug-likeness (QED) is 0.429. The van der Waals surface area contributed by atoms with Gasteiger partial charge >= 0.3 is 0 Å². The third kappa shape index (κ3) is 1.99. The predicted octanol–water partition coefficient (Wildman–Crippen LogP) is -1.75. The van der Waals surface area contributed by atoms with Gasteiger partial charge in [-0.1, -0.05) is 20.3 Å². The standard InChI is InChI=1S/C9H18B3NO2/c1-3-5(2)8(10)4-9(11,12)7(15)13-6(8)14/h5H,3-4,10-12H2,1-2H3,(H,13,14,15). The first kappa shape index (κ1) is 12.4. The zero-order chi connectivity index (χ0) is 11.9. The van der Waals surface area contributed by atoms with Gasteiger partial charge in [0.05, 0.1) is 0 Å². The average molecular weight is 205 g/mol. The van der Waals surface area contributed by atoms with Crippen molar-refractivity contribution in [2.75, 3.05) is 0 Å². The molecule has 0 aliphatic carbocycles. The molecule has 1 N–H and O–H groups in total. The molecule has 0 aromatic heterocycles. The molecule has 0 bridgehead atoms. The van der Waals surface area contributed by atoms with Crippen LogP contribution in [-0.2, 0) is 9.59 Å². The topological polar surface area (TPSA) is 46.2 Å². The summed E-state index contributed by atoms with van der Waals surface area (Å²) in [7, 11) is 5.76. The van der Waals surface area contributed by atoms with E-state index in [4.69, 9.17) is 0 Å². The number of imide groups is 1. The van der Waals surface area contributed by atoms with E-state index in [1.165, 1.54) is 0 Å². The molecular formula is C9H18B3NO2. The first-order valence-electron chi connectivity index (χ1n) is 5.60. The number of piperidine rings is 1. The van der Waals surface area contributed by atoms with Crippen molar-refractivity contribution in [3.05, 3.63) is 0 Å². The van der Waals surface area contributed by atoms with Gasteiger partial charge in [-0.05, 0) is 17.6 Å². The maximum absolute atomic E-state index is 11.9. The van der Waals surface area contributed by atoms with E-state index in [1.54, 1.807) is 0 Å². The highest BCUT2D eigenvalue weighted by Gasteiger charge is 2.49. The van der Waals surface area contributed by atoms with Crippen molar-refractivity contribution in [3.63, 3.8) is 0 Å². The third-order valence-electron chi connectivity index (χ3n) is 3.87. The zero-order valence-electron chi connectivity index (χ0n) is 10.3. The number of rotatable bonds is 2. The Morgan fingerprint density at radius 2 is 1.87 bits per heavy atom. The first-order chi connectivity index (χ1) is 6.74. The second-order valence-corrected chi connectivity index (χ2v) is 5.57. The number of amides is 2. The fourth-order valence-electron chi connectivity index (χ4n) is 2.34. The van der Waals surface area contributed by atoms with Crippen LogP contribution in [0, 0.1) is 5.92 Å². The van der Waals surface area contributed by atoms with Gasteiger partial charge in [-0.3, -0.25) is 14.9 Å². The molecule has 80 valence electrons. The Bertz CT molecular complexity index is 306. The summed E-state index contributed by atoms with van der Waals surface area (Å²) >= 11 is 0. The highest BCUT2D eigenvalue weighted by Crippen LogP contribution is 2.48. The molecule has 0 radical (unpaired) electrons. The molecule has 1 saturated heterocycles. The minimum atomic E-state index is -0.438. The van der Waals surface area contributed by atoms with E-state index in [0.29, 0.717) is 12.3 Å². The van der Waals surface area contributed by atoms with Crippen molar-refractivity contribution in [3.8, 4) is 0 Å². The van der Waals surface area contributed by atoms with Crippen molar-refractivity contribution in [1.29, 1.82) is 0 Å². The minimum Gasteiger partial charge on any atom is -0.297 e. The Hall–Kier alpha value is -0.665. The smallest absolute Gasteiger partial charge is 0.224 e. The molecule has 3 nitrogen and oxygen atoms in total. The Morgan fingerprint density at radius 1 is 1.33 bits per heavy atom. The maximum Gasteiger partial charge on any atom is 0.224 e. The summed E-state index contributed by atoms with van der Waals surface area (Å²) in [5.74, 6) is 0.0410. The molecule has 0 aromatic rings. The zero-order valence-corrected chi connectivity index (χ0v) is 10.3. The van der Waals surface area contributed by atoms with Crippen molar-refractivity contribution in [1.82, 2.24) is 5.32 Å². The summed E-state index contributed by atoms with van der Waals surface area (Å²) in [6.45, 7) is 4.15. The fraction of sp³-hybridized carbons (Fsp3) is 0.778. The molecule has 1 rings (SSSR count). The molecular weight excluding hydrogens is 187 g/mol.